The Labute approximate surface area is 170 Å². The van der Waals surface area contributed by atoms with Crippen LogP contribution in [0.15, 0.2) is 59.5 Å². The van der Waals surface area contributed by atoms with Gasteiger partial charge in [-0.05, 0) is 49.1 Å². The van der Waals surface area contributed by atoms with Crippen molar-refractivity contribution < 1.29 is 17.9 Å². The molecule has 0 heterocycles. The van der Waals surface area contributed by atoms with Crippen molar-refractivity contribution in [2.75, 3.05) is 16.8 Å². The third-order valence-electron chi connectivity index (χ3n) is 3.99. The summed E-state index contributed by atoms with van der Waals surface area (Å²) in [5.74, 6) is 1.33. The van der Waals surface area contributed by atoms with Crippen LogP contribution >= 0.6 is 22.6 Å². The Morgan fingerprint density at radius 1 is 1.00 bits per heavy atom. The quantitative estimate of drug-likeness (QED) is 0.208. The van der Waals surface area contributed by atoms with Crippen LogP contribution in [0.3, 0.4) is 0 Å². The predicted octanol–water partition coefficient (Wildman–Crippen LogP) is 4.83. The summed E-state index contributed by atoms with van der Waals surface area (Å²) in [7, 11) is -3.25. The van der Waals surface area contributed by atoms with Crippen molar-refractivity contribution >= 4 is 32.4 Å². The van der Waals surface area contributed by atoms with Gasteiger partial charge in [0, 0.05) is 4.43 Å². The summed E-state index contributed by atoms with van der Waals surface area (Å²) < 4.78 is 36.8. The SMILES string of the molecule is CC(OCCCS(=O)(=O)c1ccccc1)Oc1ccc(C(C)CI)cc1. The monoisotopic (exact) mass is 488 g/mol. The smallest absolute Gasteiger partial charge is 0.196 e. The molecule has 0 fully saturated rings. The number of halogens is 1. The number of sulfone groups is 1. The van der Waals surface area contributed by atoms with Crippen LogP contribution in [0.4, 0.5) is 0 Å². The fourth-order valence-corrected chi connectivity index (χ4v) is 4.25. The normalized spacial score (nSPS) is 14.0. The van der Waals surface area contributed by atoms with Gasteiger partial charge in [-0.25, -0.2) is 8.42 Å². The minimum absolute atomic E-state index is 0.0621. The van der Waals surface area contributed by atoms with Gasteiger partial charge in [0.1, 0.15) is 5.75 Å². The molecule has 2 atom stereocenters. The van der Waals surface area contributed by atoms with Gasteiger partial charge in [-0.15, -0.1) is 0 Å². The lowest BCUT2D eigenvalue weighted by molar-refractivity contribution is -0.0661. The first kappa shape index (κ1) is 21.2. The third-order valence-corrected chi connectivity index (χ3v) is 7.13. The second-order valence-corrected chi connectivity index (χ2v) is 9.16. The molecule has 0 radical (unpaired) electrons. The fraction of sp³-hybridized carbons (Fsp3) is 0.400. The fourth-order valence-electron chi connectivity index (χ4n) is 2.43. The molecular weight excluding hydrogens is 463 g/mol. The minimum atomic E-state index is -3.25. The van der Waals surface area contributed by atoms with E-state index < -0.39 is 16.1 Å². The molecule has 0 aliphatic carbocycles. The Morgan fingerprint density at radius 3 is 2.27 bits per heavy atom. The van der Waals surface area contributed by atoms with Crippen molar-refractivity contribution in [3.8, 4) is 5.75 Å². The number of hydrogen-bond acceptors (Lipinski definition) is 4. The van der Waals surface area contributed by atoms with E-state index >= 15 is 0 Å². The Morgan fingerprint density at radius 2 is 1.65 bits per heavy atom. The molecular formula is C20H25IO4S. The standard InChI is InChI=1S/C20H25IO4S/c1-16(15-21)18-9-11-19(12-10-18)25-17(2)24-13-6-14-26(22,23)20-7-4-3-5-8-20/h3-5,7-12,16-17H,6,13-15H2,1-2H3. The molecule has 4 nitrogen and oxygen atoms in total. The number of ether oxygens (including phenoxy) is 2. The lowest BCUT2D eigenvalue weighted by atomic mass is 10.0. The minimum Gasteiger partial charge on any atom is -0.465 e. The van der Waals surface area contributed by atoms with E-state index in [2.05, 4.69) is 41.6 Å². The molecule has 0 aliphatic rings. The van der Waals surface area contributed by atoms with Gasteiger partial charge in [-0.2, -0.15) is 0 Å². The van der Waals surface area contributed by atoms with Gasteiger partial charge in [-0.1, -0.05) is 59.8 Å². The number of rotatable bonds is 10. The molecule has 6 heteroatoms. The number of benzene rings is 2. The van der Waals surface area contributed by atoms with Crippen LogP contribution in [0.25, 0.3) is 0 Å². The van der Waals surface area contributed by atoms with Gasteiger partial charge in [0.25, 0.3) is 0 Å². The Hall–Kier alpha value is -1.12. The molecule has 0 aliphatic heterocycles. The van der Waals surface area contributed by atoms with E-state index in [9.17, 15) is 8.42 Å². The maximum absolute atomic E-state index is 12.2. The van der Waals surface area contributed by atoms with Crippen molar-refractivity contribution in [2.24, 2.45) is 0 Å². The van der Waals surface area contributed by atoms with Crippen LogP contribution in [0.5, 0.6) is 5.75 Å². The van der Waals surface area contributed by atoms with E-state index in [1.165, 1.54) is 5.56 Å². The van der Waals surface area contributed by atoms with Gasteiger partial charge < -0.3 is 9.47 Å². The van der Waals surface area contributed by atoms with E-state index in [-0.39, 0.29) is 5.75 Å². The van der Waals surface area contributed by atoms with E-state index in [4.69, 9.17) is 9.47 Å². The Balaban J connectivity index is 1.74. The maximum atomic E-state index is 12.2. The predicted molar refractivity (Wildman–Crippen MR) is 113 cm³/mol. The van der Waals surface area contributed by atoms with Crippen molar-refractivity contribution in [1.82, 2.24) is 0 Å². The molecule has 2 rings (SSSR count). The van der Waals surface area contributed by atoms with Crippen molar-refractivity contribution in [1.29, 1.82) is 0 Å². The van der Waals surface area contributed by atoms with Crippen LogP contribution in [-0.2, 0) is 14.6 Å². The topological polar surface area (TPSA) is 52.6 Å². The van der Waals surface area contributed by atoms with E-state index in [1.807, 2.05) is 19.1 Å². The Bertz CT molecular complexity index is 760. The molecule has 2 unspecified atom stereocenters. The van der Waals surface area contributed by atoms with Gasteiger partial charge in [0.05, 0.1) is 17.3 Å². The first-order chi connectivity index (χ1) is 12.4. The van der Waals surface area contributed by atoms with Crippen LogP contribution in [0.1, 0.15) is 31.7 Å². The zero-order chi connectivity index (χ0) is 19.0. The van der Waals surface area contributed by atoms with Gasteiger partial charge in [0.2, 0.25) is 0 Å². The summed E-state index contributed by atoms with van der Waals surface area (Å²) in [6.45, 7) is 4.34. The molecule has 0 aromatic heterocycles. The highest BCUT2D eigenvalue weighted by molar-refractivity contribution is 14.1. The zero-order valence-corrected chi connectivity index (χ0v) is 18.1. The second kappa shape index (κ2) is 10.3. The molecule has 142 valence electrons. The molecule has 2 aromatic rings. The molecule has 0 saturated heterocycles. The molecule has 0 spiro atoms. The van der Waals surface area contributed by atoms with Crippen molar-refractivity contribution in [2.45, 2.75) is 37.4 Å². The molecule has 0 N–H and O–H groups in total. The lowest BCUT2D eigenvalue weighted by Gasteiger charge is -2.16. The Kier molecular flexibility index (Phi) is 8.37. The average Bonchev–Trinajstić information content (AvgIpc) is 2.66. The largest absolute Gasteiger partial charge is 0.465 e. The summed E-state index contributed by atoms with van der Waals surface area (Å²) >= 11 is 2.38. The van der Waals surface area contributed by atoms with E-state index in [0.717, 1.165) is 10.2 Å². The molecule has 0 saturated carbocycles. The van der Waals surface area contributed by atoms with Crippen LogP contribution in [-0.4, -0.2) is 31.5 Å². The lowest BCUT2D eigenvalue weighted by Crippen LogP contribution is -2.18. The van der Waals surface area contributed by atoms with Crippen LogP contribution < -0.4 is 4.74 Å². The first-order valence-electron chi connectivity index (χ1n) is 8.64. The highest BCUT2D eigenvalue weighted by Gasteiger charge is 2.14. The van der Waals surface area contributed by atoms with E-state index in [1.54, 1.807) is 30.3 Å². The zero-order valence-electron chi connectivity index (χ0n) is 15.1. The summed E-state index contributed by atoms with van der Waals surface area (Å²) in [6, 6.07) is 16.5. The van der Waals surface area contributed by atoms with Crippen LogP contribution in [0, 0.1) is 0 Å². The molecule has 0 bridgehead atoms. The maximum Gasteiger partial charge on any atom is 0.196 e. The van der Waals surface area contributed by atoms with Gasteiger partial charge in [-0.3, -0.25) is 0 Å². The summed E-state index contributed by atoms with van der Waals surface area (Å²) in [5.41, 5.74) is 1.28. The van der Waals surface area contributed by atoms with Crippen molar-refractivity contribution in [3.05, 3.63) is 60.2 Å². The van der Waals surface area contributed by atoms with Crippen molar-refractivity contribution in [3.63, 3.8) is 0 Å². The summed E-state index contributed by atoms with van der Waals surface area (Å²) in [5, 5.41) is 0. The molecule has 2 aromatic carbocycles. The number of hydrogen-bond donors (Lipinski definition) is 0. The highest BCUT2D eigenvalue weighted by atomic mass is 127. The summed E-state index contributed by atoms with van der Waals surface area (Å²) in [4.78, 5) is 0.352. The van der Waals surface area contributed by atoms with Gasteiger partial charge in [0.15, 0.2) is 16.1 Å². The van der Waals surface area contributed by atoms with E-state index in [0.29, 0.717) is 23.8 Å². The summed E-state index contributed by atoms with van der Waals surface area (Å²) in [6.07, 6.45) is -0.000827. The highest BCUT2D eigenvalue weighted by Crippen LogP contribution is 2.21. The average molecular weight is 488 g/mol. The third kappa shape index (κ3) is 6.55. The second-order valence-electron chi connectivity index (χ2n) is 6.17. The van der Waals surface area contributed by atoms with Gasteiger partial charge >= 0.3 is 0 Å². The van der Waals surface area contributed by atoms with Crippen LogP contribution in [0.2, 0.25) is 0 Å². The molecule has 0 amide bonds. The molecule has 26 heavy (non-hydrogen) atoms. The first-order valence-corrected chi connectivity index (χ1v) is 11.8. The number of alkyl halides is 1.